The van der Waals surface area contributed by atoms with Crippen molar-refractivity contribution in [1.82, 2.24) is 14.5 Å². The van der Waals surface area contributed by atoms with Gasteiger partial charge in [0.15, 0.2) is 0 Å². The van der Waals surface area contributed by atoms with E-state index in [1.165, 1.54) is 6.08 Å². The lowest BCUT2D eigenvalue weighted by atomic mass is 10.1. The summed E-state index contributed by atoms with van der Waals surface area (Å²) in [4.78, 5) is 23.5. The molecule has 5 rings (SSSR count). The number of nitrogens with one attached hydrogen (secondary N) is 2. The Hall–Kier alpha value is -4.18. The van der Waals surface area contributed by atoms with E-state index in [0.717, 1.165) is 27.8 Å². The van der Waals surface area contributed by atoms with Crippen LogP contribution in [-0.2, 0) is 22.6 Å². The zero-order chi connectivity index (χ0) is 25.9. The van der Waals surface area contributed by atoms with Gasteiger partial charge in [0.05, 0.1) is 29.9 Å². The summed E-state index contributed by atoms with van der Waals surface area (Å²) < 4.78 is 19.7. The molecule has 0 spiro atoms. The minimum absolute atomic E-state index is 0.327. The number of fused-ring (bicyclic) bond motifs is 1. The Morgan fingerprint density at radius 3 is 2.70 bits per heavy atom. The second kappa shape index (κ2) is 10.4. The van der Waals surface area contributed by atoms with Gasteiger partial charge in [-0.25, -0.2) is 9.97 Å². The van der Waals surface area contributed by atoms with Gasteiger partial charge in [-0.3, -0.25) is 9.00 Å². The average molecular weight is 517 g/mol. The van der Waals surface area contributed by atoms with E-state index in [1.54, 1.807) is 19.4 Å². The highest BCUT2D eigenvalue weighted by molar-refractivity contribution is 7.85. The van der Waals surface area contributed by atoms with Crippen molar-refractivity contribution in [3.8, 4) is 17.0 Å². The van der Waals surface area contributed by atoms with Gasteiger partial charge < -0.3 is 24.8 Å². The fraction of sp³-hybridized carbons (Fsp3) is 0.222. The van der Waals surface area contributed by atoms with Crippen molar-refractivity contribution < 1.29 is 13.7 Å². The maximum atomic E-state index is 12.2. The Bertz CT molecular complexity index is 1510. The van der Waals surface area contributed by atoms with E-state index < -0.39 is 10.8 Å². The molecule has 0 atom stereocenters. The van der Waals surface area contributed by atoms with Crippen molar-refractivity contribution >= 4 is 50.6 Å². The number of carbonyl (C=O) groups excluding carboxylic acids is 1. The van der Waals surface area contributed by atoms with E-state index in [0.29, 0.717) is 47.7 Å². The first kappa shape index (κ1) is 24.5. The number of methoxy groups -OCH3 is 1. The van der Waals surface area contributed by atoms with Crippen LogP contribution in [0.15, 0.2) is 67.5 Å². The lowest BCUT2D eigenvalue weighted by Crippen LogP contribution is -2.38. The summed E-state index contributed by atoms with van der Waals surface area (Å²) in [7, 11) is 2.78. The van der Waals surface area contributed by atoms with Crippen LogP contribution in [0.2, 0.25) is 0 Å². The molecular weight excluding hydrogens is 488 g/mol. The van der Waals surface area contributed by atoms with Gasteiger partial charge in [-0.1, -0.05) is 24.8 Å². The van der Waals surface area contributed by atoms with Gasteiger partial charge in [0.1, 0.15) is 5.75 Å². The normalized spacial score (nSPS) is 13.9. The summed E-state index contributed by atoms with van der Waals surface area (Å²) >= 11 is 0. The molecular formula is C27H28N6O3S. The Labute approximate surface area is 217 Å². The maximum Gasteiger partial charge on any atom is 0.247 e. The molecule has 1 saturated heterocycles. The van der Waals surface area contributed by atoms with E-state index >= 15 is 0 Å². The van der Waals surface area contributed by atoms with Crippen molar-refractivity contribution in [1.29, 1.82) is 0 Å². The van der Waals surface area contributed by atoms with Crippen LogP contribution in [0.25, 0.3) is 22.2 Å². The van der Waals surface area contributed by atoms with E-state index in [9.17, 15) is 9.00 Å². The van der Waals surface area contributed by atoms with Gasteiger partial charge in [-0.15, -0.1) is 0 Å². The lowest BCUT2D eigenvalue weighted by molar-refractivity contribution is -0.111. The number of aromatic nitrogens is 3. The molecule has 2 aromatic carbocycles. The number of benzene rings is 2. The van der Waals surface area contributed by atoms with E-state index in [-0.39, 0.29) is 5.91 Å². The predicted octanol–water partition coefficient (Wildman–Crippen LogP) is 4.08. The first-order valence-electron chi connectivity index (χ1n) is 11.9. The van der Waals surface area contributed by atoms with E-state index in [2.05, 4.69) is 50.0 Å². The quantitative estimate of drug-likeness (QED) is 0.357. The molecule has 2 aromatic heterocycles. The SMILES string of the molecule is C=CC(=O)Nc1cc(Nc2nccc(-c3cn(C)c4ccccc34)n2)c(OC)cc1N1CCS(=O)CC1. The third-order valence-corrected chi connectivity index (χ3v) is 7.63. The summed E-state index contributed by atoms with van der Waals surface area (Å²) in [5.74, 6) is 1.79. The third-order valence-electron chi connectivity index (χ3n) is 6.35. The number of para-hydroxylation sites is 1. The molecule has 0 aliphatic carbocycles. The topological polar surface area (TPSA) is 101 Å². The lowest BCUT2D eigenvalue weighted by Gasteiger charge is -2.31. The van der Waals surface area contributed by atoms with Crippen molar-refractivity contribution in [3.63, 3.8) is 0 Å². The first-order chi connectivity index (χ1) is 18.0. The molecule has 0 saturated carbocycles. The molecule has 0 radical (unpaired) electrons. The fourth-order valence-electron chi connectivity index (χ4n) is 4.50. The number of ether oxygens (including phenoxy) is 1. The van der Waals surface area contributed by atoms with Crippen LogP contribution in [0.1, 0.15) is 0 Å². The monoisotopic (exact) mass is 516 g/mol. The zero-order valence-electron chi connectivity index (χ0n) is 20.7. The van der Waals surface area contributed by atoms with Gasteiger partial charge in [-0.05, 0) is 24.3 Å². The van der Waals surface area contributed by atoms with E-state index in [4.69, 9.17) is 9.72 Å². The molecule has 1 amide bonds. The number of nitrogens with zero attached hydrogens (tertiary/aromatic N) is 4. The van der Waals surface area contributed by atoms with Gasteiger partial charge in [0.2, 0.25) is 11.9 Å². The van der Waals surface area contributed by atoms with Gasteiger partial charge in [0.25, 0.3) is 0 Å². The molecule has 190 valence electrons. The number of hydrogen-bond acceptors (Lipinski definition) is 7. The van der Waals surface area contributed by atoms with Crippen molar-refractivity contribution in [2.24, 2.45) is 7.05 Å². The molecule has 1 fully saturated rings. The molecule has 10 heteroatoms. The molecule has 0 unspecified atom stereocenters. The van der Waals surface area contributed by atoms with Crippen LogP contribution in [0.5, 0.6) is 5.75 Å². The van der Waals surface area contributed by atoms with Crippen LogP contribution < -0.4 is 20.3 Å². The Morgan fingerprint density at radius 1 is 1.16 bits per heavy atom. The molecule has 3 heterocycles. The summed E-state index contributed by atoms with van der Waals surface area (Å²) in [6.07, 6.45) is 4.99. The van der Waals surface area contributed by atoms with Crippen LogP contribution in [0.3, 0.4) is 0 Å². The number of amides is 1. The number of rotatable bonds is 7. The van der Waals surface area contributed by atoms with Gasteiger partial charge in [0, 0.05) is 77.4 Å². The summed E-state index contributed by atoms with van der Waals surface area (Å²) in [6, 6.07) is 13.7. The Morgan fingerprint density at radius 2 is 1.95 bits per heavy atom. The zero-order valence-corrected chi connectivity index (χ0v) is 21.5. The molecule has 0 bridgehead atoms. The standard InChI is InChI=1S/C27H28N6O3S/c1-4-26(34)29-21-15-22(25(36-3)16-24(21)33-11-13-37(35)14-12-33)31-27-28-10-9-20(30-27)19-17-32(2)23-8-6-5-7-18(19)23/h4-10,15-17H,1,11-14H2,2-3H3,(H,29,34)(H,28,30,31). The highest BCUT2D eigenvalue weighted by Gasteiger charge is 2.22. The summed E-state index contributed by atoms with van der Waals surface area (Å²) in [6.45, 7) is 4.81. The second-order valence-corrected chi connectivity index (χ2v) is 10.4. The molecule has 4 aromatic rings. The molecule has 1 aliphatic rings. The summed E-state index contributed by atoms with van der Waals surface area (Å²) in [5, 5.41) is 7.26. The highest BCUT2D eigenvalue weighted by Crippen LogP contribution is 2.39. The minimum Gasteiger partial charge on any atom is -0.494 e. The highest BCUT2D eigenvalue weighted by atomic mass is 32.2. The number of anilines is 4. The molecule has 1 aliphatic heterocycles. The smallest absolute Gasteiger partial charge is 0.247 e. The predicted molar refractivity (Wildman–Crippen MR) is 149 cm³/mol. The molecule has 37 heavy (non-hydrogen) atoms. The van der Waals surface area contributed by atoms with Gasteiger partial charge >= 0.3 is 0 Å². The Balaban J connectivity index is 1.51. The maximum absolute atomic E-state index is 12.2. The number of aryl methyl sites for hydroxylation is 1. The van der Waals surface area contributed by atoms with Crippen LogP contribution in [0, 0.1) is 0 Å². The van der Waals surface area contributed by atoms with Crippen LogP contribution in [-0.4, -0.2) is 56.4 Å². The van der Waals surface area contributed by atoms with Crippen LogP contribution in [0.4, 0.5) is 23.0 Å². The third kappa shape index (κ3) is 5.05. The summed E-state index contributed by atoms with van der Waals surface area (Å²) in [5.41, 5.74) is 4.89. The number of hydrogen-bond donors (Lipinski definition) is 2. The average Bonchev–Trinajstić information content (AvgIpc) is 3.26. The Kier molecular flexibility index (Phi) is 6.91. The minimum atomic E-state index is -0.824. The fourth-order valence-corrected chi connectivity index (χ4v) is 5.55. The molecule has 2 N–H and O–H groups in total. The van der Waals surface area contributed by atoms with Gasteiger partial charge in [-0.2, -0.15) is 0 Å². The largest absolute Gasteiger partial charge is 0.494 e. The number of carbonyl (C=O) groups is 1. The molecule has 9 nitrogen and oxygen atoms in total. The van der Waals surface area contributed by atoms with Crippen molar-refractivity contribution in [3.05, 3.63) is 67.5 Å². The van der Waals surface area contributed by atoms with Crippen LogP contribution >= 0.6 is 0 Å². The second-order valence-electron chi connectivity index (χ2n) is 8.66. The van der Waals surface area contributed by atoms with Crippen molar-refractivity contribution in [2.45, 2.75) is 0 Å². The van der Waals surface area contributed by atoms with E-state index in [1.807, 2.05) is 31.3 Å². The first-order valence-corrected chi connectivity index (χ1v) is 13.4. The van der Waals surface area contributed by atoms with Crippen molar-refractivity contribution in [2.75, 3.05) is 47.2 Å².